The van der Waals surface area contributed by atoms with E-state index in [0.29, 0.717) is 11.3 Å². The molecular weight excluding hydrogens is 405 g/mol. The van der Waals surface area contributed by atoms with Gasteiger partial charge in [0.2, 0.25) is 0 Å². The number of carbonyl (C=O) groups excluding carboxylic acids is 2. The van der Waals surface area contributed by atoms with Gasteiger partial charge in [-0.1, -0.05) is 0 Å². The van der Waals surface area contributed by atoms with E-state index < -0.39 is 22.6 Å². The van der Waals surface area contributed by atoms with Gasteiger partial charge in [-0.2, -0.15) is 0 Å². The molecule has 0 aliphatic carbocycles. The van der Waals surface area contributed by atoms with Gasteiger partial charge >= 0.3 is 0 Å². The summed E-state index contributed by atoms with van der Waals surface area (Å²) < 4.78 is 18.8. The number of hydrogen-bond acceptors (Lipinski definition) is 5. The van der Waals surface area contributed by atoms with Crippen molar-refractivity contribution in [3.63, 3.8) is 0 Å². The van der Waals surface area contributed by atoms with E-state index in [4.69, 9.17) is 4.42 Å². The molecule has 1 aromatic heterocycles. The average molecular weight is 421 g/mol. The topological polar surface area (TPSA) is 106 Å². The molecule has 1 aliphatic rings. The SMILES string of the molecule is Cc1cc(-c2ccc(C=C3C(=O)NN(c4ccc(F)cc4)C3=O)o2)c([N+](=O)[O-])cc1C. The molecule has 1 aliphatic heterocycles. The first kappa shape index (κ1) is 20.0. The lowest BCUT2D eigenvalue weighted by molar-refractivity contribution is -0.384. The van der Waals surface area contributed by atoms with Crippen molar-refractivity contribution in [2.45, 2.75) is 13.8 Å². The number of aryl methyl sites for hydroxylation is 2. The van der Waals surface area contributed by atoms with Gasteiger partial charge in [-0.15, -0.1) is 0 Å². The molecule has 1 N–H and O–H groups in total. The van der Waals surface area contributed by atoms with Crippen molar-refractivity contribution in [1.29, 1.82) is 0 Å². The van der Waals surface area contributed by atoms with Gasteiger partial charge in [0.05, 0.1) is 16.2 Å². The van der Waals surface area contributed by atoms with Crippen LogP contribution >= 0.6 is 0 Å². The molecule has 0 spiro atoms. The summed E-state index contributed by atoms with van der Waals surface area (Å²) in [4.78, 5) is 35.9. The fraction of sp³-hybridized carbons (Fsp3) is 0.0909. The fourth-order valence-corrected chi connectivity index (χ4v) is 3.20. The molecule has 31 heavy (non-hydrogen) atoms. The van der Waals surface area contributed by atoms with Crippen molar-refractivity contribution in [1.82, 2.24) is 5.43 Å². The van der Waals surface area contributed by atoms with E-state index in [9.17, 15) is 24.1 Å². The number of halogens is 1. The number of amides is 2. The van der Waals surface area contributed by atoms with Gasteiger partial charge < -0.3 is 4.42 Å². The molecule has 156 valence electrons. The van der Waals surface area contributed by atoms with Crippen molar-refractivity contribution in [2.75, 3.05) is 5.01 Å². The van der Waals surface area contributed by atoms with E-state index in [1.165, 1.54) is 42.5 Å². The standard InChI is InChI=1S/C22H16FN3O5/c1-12-9-17(19(26(29)30)10-13(12)2)20-8-7-16(31-20)11-18-21(27)24-25(22(18)28)15-5-3-14(23)4-6-15/h3-11H,1-2H3,(H,24,27). The maximum absolute atomic E-state index is 13.1. The highest BCUT2D eigenvalue weighted by atomic mass is 19.1. The normalized spacial score (nSPS) is 14.9. The second-order valence-corrected chi connectivity index (χ2v) is 7.03. The Hall–Kier alpha value is -4.27. The Morgan fingerprint density at radius 1 is 1.06 bits per heavy atom. The Morgan fingerprint density at radius 3 is 2.42 bits per heavy atom. The largest absolute Gasteiger partial charge is 0.456 e. The summed E-state index contributed by atoms with van der Waals surface area (Å²) in [6.07, 6.45) is 1.26. The summed E-state index contributed by atoms with van der Waals surface area (Å²) in [6.45, 7) is 3.61. The molecule has 3 aromatic rings. The van der Waals surface area contributed by atoms with Gasteiger partial charge in [0, 0.05) is 6.07 Å². The molecule has 1 fully saturated rings. The lowest BCUT2D eigenvalue weighted by Gasteiger charge is -2.14. The van der Waals surface area contributed by atoms with E-state index in [2.05, 4.69) is 5.43 Å². The molecule has 0 unspecified atom stereocenters. The van der Waals surface area contributed by atoms with Crippen LogP contribution in [0.3, 0.4) is 0 Å². The van der Waals surface area contributed by atoms with E-state index in [1.54, 1.807) is 19.1 Å². The number of nitro groups is 1. The number of benzene rings is 2. The van der Waals surface area contributed by atoms with Crippen LogP contribution in [0, 0.1) is 29.8 Å². The zero-order valence-electron chi connectivity index (χ0n) is 16.5. The Bertz CT molecular complexity index is 1260. The molecule has 0 atom stereocenters. The van der Waals surface area contributed by atoms with E-state index >= 15 is 0 Å². The molecule has 9 heteroatoms. The molecule has 0 saturated carbocycles. The van der Waals surface area contributed by atoms with Crippen LogP contribution in [0.25, 0.3) is 17.4 Å². The van der Waals surface area contributed by atoms with Crippen LogP contribution < -0.4 is 10.4 Å². The first-order valence-corrected chi connectivity index (χ1v) is 9.23. The minimum absolute atomic E-state index is 0.103. The number of nitrogens with zero attached hydrogens (tertiary/aromatic N) is 2. The molecule has 1 saturated heterocycles. The van der Waals surface area contributed by atoms with Crippen molar-refractivity contribution < 1.29 is 23.3 Å². The first-order chi connectivity index (χ1) is 14.7. The Balaban J connectivity index is 1.67. The Labute approximate surface area is 175 Å². The first-order valence-electron chi connectivity index (χ1n) is 9.23. The second-order valence-electron chi connectivity index (χ2n) is 7.03. The van der Waals surface area contributed by atoms with Crippen molar-refractivity contribution >= 4 is 29.3 Å². The fourth-order valence-electron chi connectivity index (χ4n) is 3.20. The van der Waals surface area contributed by atoms with Crippen molar-refractivity contribution in [3.05, 3.63) is 86.9 Å². The number of anilines is 1. The average Bonchev–Trinajstić information content (AvgIpc) is 3.30. The van der Waals surface area contributed by atoms with Crippen molar-refractivity contribution in [3.8, 4) is 11.3 Å². The van der Waals surface area contributed by atoms with Crippen LogP contribution in [-0.4, -0.2) is 16.7 Å². The van der Waals surface area contributed by atoms with Crippen LogP contribution in [0.4, 0.5) is 15.8 Å². The summed E-state index contributed by atoms with van der Waals surface area (Å²) in [5.41, 5.74) is 4.36. The minimum Gasteiger partial charge on any atom is -0.456 e. The Morgan fingerprint density at radius 2 is 1.74 bits per heavy atom. The van der Waals surface area contributed by atoms with Crippen molar-refractivity contribution in [2.24, 2.45) is 0 Å². The van der Waals surface area contributed by atoms with Gasteiger partial charge in [0.1, 0.15) is 22.9 Å². The molecule has 2 aromatic carbocycles. The number of carbonyl (C=O) groups is 2. The van der Waals surface area contributed by atoms with Crippen LogP contribution in [0.1, 0.15) is 16.9 Å². The van der Waals surface area contributed by atoms with Gasteiger partial charge in [-0.25, -0.2) is 9.40 Å². The van der Waals surface area contributed by atoms with Gasteiger partial charge in [0.15, 0.2) is 0 Å². The van der Waals surface area contributed by atoms with Crippen LogP contribution in [0.5, 0.6) is 0 Å². The third-order valence-electron chi connectivity index (χ3n) is 4.96. The summed E-state index contributed by atoms with van der Waals surface area (Å²) >= 11 is 0. The highest BCUT2D eigenvalue weighted by molar-refractivity contribution is 6.31. The third kappa shape index (κ3) is 3.68. The molecule has 2 amide bonds. The smallest absolute Gasteiger partial charge is 0.282 e. The number of hydrogen-bond donors (Lipinski definition) is 1. The van der Waals surface area contributed by atoms with Crippen LogP contribution in [0.15, 0.2) is 58.5 Å². The number of hydrazine groups is 1. The predicted octanol–water partition coefficient (Wildman–Crippen LogP) is 4.07. The molecular formula is C22H16FN3O5. The molecule has 0 radical (unpaired) electrons. The predicted molar refractivity (Wildman–Crippen MR) is 110 cm³/mol. The van der Waals surface area contributed by atoms with E-state index in [1.807, 2.05) is 6.92 Å². The monoisotopic (exact) mass is 421 g/mol. The van der Waals surface area contributed by atoms with E-state index in [0.717, 1.165) is 16.1 Å². The molecule has 0 bridgehead atoms. The molecule has 4 rings (SSSR count). The summed E-state index contributed by atoms with van der Waals surface area (Å²) in [7, 11) is 0. The summed E-state index contributed by atoms with van der Waals surface area (Å²) in [6, 6.07) is 11.3. The van der Waals surface area contributed by atoms with Gasteiger partial charge in [-0.3, -0.25) is 25.1 Å². The molecule has 2 heterocycles. The highest BCUT2D eigenvalue weighted by Gasteiger charge is 2.34. The summed E-state index contributed by atoms with van der Waals surface area (Å²) in [5.74, 6) is -1.33. The lowest BCUT2D eigenvalue weighted by atomic mass is 10.0. The van der Waals surface area contributed by atoms with Crippen LogP contribution in [-0.2, 0) is 9.59 Å². The quantitative estimate of drug-likeness (QED) is 0.296. The number of nitrogens with one attached hydrogen (secondary N) is 1. The zero-order valence-corrected chi connectivity index (χ0v) is 16.5. The highest BCUT2D eigenvalue weighted by Crippen LogP contribution is 2.34. The zero-order chi connectivity index (χ0) is 22.3. The Kier molecular flexibility index (Phi) is 4.86. The van der Waals surface area contributed by atoms with Crippen LogP contribution in [0.2, 0.25) is 0 Å². The number of rotatable bonds is 4. The third-order valence-corrected chi connectivity index (χ3v) is 4.96. The minimum atomic E-state index is -0.649. The molecule has 8 nitrogen and oxygen atoms in total. The van der Waals surface area contributed by atoms with Gasteiger partial charge in [-0.05, 0) is 73.5 Å². The maximum Gasteiger partial charge on any atom is 0.282 e. The summed E-state index contributed by atoms with van der Waals surface area (Å²) in [5, 5.41) is 12.5. The lowest BCUT2D eigenvalue weighted by Crippen LogP contribution is -2.35. The number of furan rings is 1. The number of nitro benzene ring substituents is 1. The second kappa shape index (κ2) is 7.52. The maximum atomic E-state index is 13.1. The van der Waals surface area contributed by atoms with Gasteiger partial charge in [0.25, 0.3) is 17.5 Å². The van der Waals surface area contributed by atoms with E-state index in [-0.39, 0.29) is 22.8 Å².